The minimum Gasteiger partial charge on any atom is -0.377 e. The summed E-state index contributed by atoms with van der Waals surface area (Å²) >= 11 is 7.35. The van der Waals surface area contributed by atoms with Crippen molar-refractivity contribution in [2.45, 2.75) is 0 Å². The number of hydrogen-bond acceptors (Lipinski definition) is 4. The third-order valence-electron chi connectivity index (χ3n) is 3.90. The van der Waals surface area contributed by atoms with Crippen LogP contribution in [0.15, 0.2) is 47.7 Å². The van der Waals surface area contributed by atoms with Gasteiger partial charge in [-0.1, -0.05) is 22.9 Å². The van der Waals surface area contributed by atoms with Gasteiger partial charge in [0.25, 0.3) is 10.4 Å². The van der Waals surface area contributed by atoms with Crippen molar-refractivity contribution < 1.29 is 4.98 Å². The molecular weight excluding hydrogens is 344 g/mol. The molecule has 0 aliphatic heterocycles. The summed E-state index contributed by atoms with van der Waals surface area (Å²) in [5.41, 5.74) is 2.42. The second kappa shape index (κ2) is 5.58. The quantitative estimate of drug-likeness (QED) is 0.554. The van der Waals surface area contributed by atoms with Crippen LogP contribution in [-0.2, 0) is 0 Å². The Morgan fingerprint density at radius 2 is 1.96 bits per heavy atom. The van der Waals surface area contributed by atoms with Gasteiger partial charge in [-0.25, -0.2) is 9.97 Å². The van der Waals surface area contributed by atoms with Gasteiger partial charge in [-0.3, -0.25) is 9.36 Å². The highest BCUT2D eigenvalue weighted by Gasteiger charge is 2.19. The third-order valence-corrected chi connectivity index (χ3v) is 5.25. The van der Waals surface area contributed by atoms with Crippen molar-refractivity contribution in [3.8, 4) is 5.69 Å². The third kappa shape index (κ3) is 2.26. The van der Waals surface area contributed by atoms with Crippen molar-refractivity contribution in [3.05, 3.63) is 58.2 Å². The largest absolute Gasteiger partial charge is 0.377 e. The van der Waals surface area contributed by atoms with Crippen molar-refractivity contribution in [1.29, 1.82) is 0 Å². The molecule has 0 atom stereocenters. The molecule has 0 fully saturated rings. The van der Waals surface area contributed by atoms with E-state index in [2.05, 4.69) is 9.97 Å². The first-order valence-corrected chi connectivity index (χ1v) is 8.53. The van der Waals surface area contributed by atoms with Gasteiger partial charge < -0.3 is 4.90 Å². The number of nitrogens with one attached hydrogen (secondary N) is 1. The summed E-state index contributed by atoms with van der Waals surface area (Å²) in [6.07, 6.45) is 3.46. The van der Waals surface area contributed by atoms with E-state index in [-0.39, 0.29) is 5.56 Å². The number of thiophene rings is 1. The van der Waals surface area contributed by atoms with Gasteiger partial charge in [-0.05, 0) is 24.3 Å². The summed E-state index contributed by atoms with van der Waals surface area (Å²) in [6.45, 7) is 0. The lowest BCUT2D eigenvalue weighted by Gasteiger charge is -2.11. The van der Waals surface area contributed by atoms with Gasteiger partial charge in [0.15, 0.2) is 6.20 Å². The SMILES string of the molecule is CN(C)c1cc[nH+]c2sc3c(=O)n(-c4ccc(Cl)cc4)cnc3c12. The summed E-state index contributed by atoms with van der Waals surface area (Å²) in [5.74, 6) is 0. The van der Waals surface area contributed by atoms with Gasteiger partial charge in [0.2, 0.25) is 0 Å². The van der Waals surface area contributed by atoms with E-state index < -0.39 is 0 Å². The number of halogens is 1. The predicted molar refractivity (Wildman–Crippen MR) is 98.6 cm³/mol. The van der Waals surface area contributed by atoms with Gasteiger partial charge >= 0.3 is 0 Å². The molecule has 24 heavy (non-hydrogen) atoms. The molecule has 0 amide bonds. The van der Waals surface area contributed by atoms with Crippen molar-refractivity contribution in [3.63, 3.8) is 0 Å². The highest BCUT2D eigenvalue weighted by molar-refractivity contribution is 7.25. The molecule has 0 saturated heterocycles. The normalized spacial score (nSPS) is 11.3. The van der Waals surface area contributed by atoms with Crippen LogP contribution >= 0.6 is 22.9 Å². The Labute approximate surface area is 146 Å². The second-order valence-corrected chi connectivity index (χ2v) is 7.09. The summed E-state index contributed by atoms with van der Waals surface area (Å²) in [7, 11) is 3.96. The van der Waals surface area contributed by atoms with Crippen molar-refractivity contribution >= 4 is 49.1 Å². The van der Waals surface area contributed by atoms with Gasteiger partial charge in [0, 0.05) is 25.2 Å². The zero-order chi connectivity index (χ0) is 16.8. The topological polar surface area (TPSA) is 52.3 Å². The van der Waals surface area contributed by atoms with E-state index >= 15 is 0 Å². The first kappa shape index (κ1) is 15.1. The van der Waals surface area contributed by atoms with Crippen LogP contribution in [0.25, 0.3) is 26.1 Å². The Morgan fingerprint density at radius 1 is 1.21 bits per heavy atom. The first-order valence-electron chi connectivity index (χ1n) is 7.34. The highest BCUT2D eigenvalue weighted by atomic mass is 35.5. The van der Waals surface area contributed by atoms with E-state index in [9.17, 15) is 4.79 Å². The Bertz CT molecular complexity index is 1120. The average molecular weight is 358 g/mol. The highest BCUT2D eigenvalue weighted by Crippen LogP contribution is 2.33. The minimum absolute atomic E-state index is 0.0818. The Kier molecular flexibility index (Phi) is 3.51. The molecule has 3 aromatic heterocycles. The molecule has 0 aliphatic rings. The van der Waals surface area contributed by atoms with Crippen LogP contribution in [0.1, 0.15) is 0 Å². The minimum atomic E-state index is -0.0818. The zero-order valence-corrected chi connectivity index (χ0v) is 14.6. The lowest BCUT2D eigenvalue weighted by molar-refractivity contribution is -0.341. The van der Waals surface area contributed by atoms with Crippen molar-refractivity contribution in [2.24, 2.45) is 0 Å². The molecule has 7 heteroatoms. The summed E-state index contributed by atoms with van der Waals surface area (Å²) in [4.78, 5) is 23.7. The molecule has 1 N–H and O–H groups in total. The molecule has 0 unspecified atom stereocenters. The standard InChI is InChI=1S/C17H13ClN4OS/c1-21(2)12-7-8-19-16-13(12)14-15(24-16)17(23)22(9-20-14)11-5-3-10(18)4-6-11/h3-9H,1-2H3/p+1. The van der Waals surface area contributed by atoms with Crippen molar-refractivity contribution in [2.75, 3.05) is 19.0 Å². The molecule has 5 nitrogen and oxygen atoms in total. The smallest absolute Gasteiger partial charge is 0.276 e. The monoisotopic (exact) mass is 357 g/mol. The molecular formula is C17H14ClN4OS+. The number of pyridine rings is 1. The maximum Gasteiger partial charge on any atom is 0.276 e. The van der Waals surface area contributed by atoms with Gasteiger partial charge in [-0.15, -0.1) is 0 Å². The molecule has 0 bridgehead atoms. The first-order chi connectivity index (χ1) is 11.6. The van der Waals surface area contributed by atoms with E-state index in [4.69, 9.17) is 11.6 Å². The number of rotatable bonds is 2. The van der Waals surface area contributed by atoms with Crippen LogP contribution in [-0.4, -0.2) is 23.6 Å². The van der Waals surface area contributed by atoms with E-state index in [1.54, 1.807) is 23.0 Å². The molecule has 4 rings (SSSR count). The fraction of sp³-hybridized carbons (Fsp3) is 0.118. The van der Waals surface area contributed by atoms with Crippen molar-refractivity contribution in [1.82, 2.24) is 9.55 Å². The maximum absolute atomic E-state index is 12.9. The Hall–Kier alpha value is -2.44. The van der Waals surface area contributed by atoms with Crippen LogP contribution in [0.5, 0.6) is 0 Å². The van der Waals surface area contributed by atoms with Crippen LogP contribution in [0.4, 0.5) is 5.69 Å². The number of aromatic amines is 1. The maximum atomic E-state index is 12.9. The average Bonchev–Trinajstić information content (AvgIpc) is 2.96. The van der Waals surface area contributed by atoms with Crippen LogP contribution in [0.3, 0.4) is 0 Å². The van der Waals surface area contributed by atoms with Gasteiger partial charge in [0.1, 0.15) is 21.9 Å². The lowest BCUT2D eigenvalue weighted by Crippen LogP contribution is -2.17. The number of H-pyrrole nitrogens is 1. The molecule has 0 aliphatic carbocycles. The van der Waals surface area contributed by atoms with Crippen LogP contribution in [0, 0.1) is 0 Å². The second-order valence-electron chi connectivity index (χ2n) is 5.64. The molecule has 1 aromatic carbocycles. The van der Waals surface area contributed by atoms with E-state index in [1.165, 1.54) is 11.3 Å². The molecule has 0 saturated carbocycles. The summed E-state index contributed by atoms with van der Waals surface area (Å²) < 4.78 is 2.18. The summed E-state index contributed by atoms with van der Waals surface area (Å²) in [5, 5.41) is 1.61. The number of nitrogens with zero attached hydrogens (tertiary/aromatic N) is 3. The van der Waals surface area contributed by atoms with Gasteiger partial charge in [0.05, 0.1) is 11.4 Å². The Balaban J connectivity index is 2.04. The van der Waals surface area contributed by atoms with E-state index in [1.807, 2.05) is 43.4 Å². The molecule has 0 spiro atoms. The number of hydrogen-bond donors (Lipinski definition) is 0. The number of fused-ring (bicyclic) bond motifs is 3. The van der Waals surface area contributed by atoms with E-state index in [0.717, 1.165) is 27.1 Å². The molecule has 0 radical (unpaired) electrons. The number of anilines is 1. The fourth-order valence-electron chi connectivity index (χ4n) is 2.75. The van der Waals surface area contributed by atoms with Crippen LogP contribution < -0.4 is 15.4 Å². The predicted octanol–water partition coefficient (Wildman–Crippen LogP) is 3.13. The number of benzene rings is 1. The number of aromatic nitrogens is 3. The molecule has 3 heterocycles. The van der Waals surface area contributed by atoms with Gasteiger partial charge in [-0.2, -0.15) is 0 Å². The molecule has 4 aromatic rings. The van der Waals surface area contributed by atoms with Crippen LogP contribution in [0.2, 0.25) is 5.02 Å². The lowest BCUT2D eigenvalue weighted by atomic mass is 10.2. The zero-order valence-electron chi connectivity index (χ0n) is 13.1. The Morgan fingerprint density at radius 3 is 2.67 bits per heavy atom. The fourth-order valence-corrected chi connectivity index (χ4v) is 3.94. The molecule has 120 valence electrons. The summed E-state index contributed by atoms with van der Waals surface area (Å²) in [6, 6.07) is 9.12. The van der Waals surface area contributed by atoms with E-state index in [0.29, 0.717) is 9.72 Å².